The lowest BCUT2D eigenvalue weighted by molar-refractivity contribution is 0.391. The number of aromatic amines is 1. The van der Waals surface area contributed by atoms with Crippen molar-refractivity contribution in [3.63, 3.8) is 0 Å². The molecule has 1 aliphatic carbocycles. The number of pyridine rings is 1. The van der Waals surface area contributed by atoms with Crippen molar-refractivity contribution >= 4 is 16.9 Å². The maximum Gasteiger partial charge on any atom is 0.225 e. The van der Waals surface area contributed by atoms with Crippen LogP contribution < -0.4 is 4.90 Å². The van der Waals surface area contributed by atoms with Crippen LogP contribution in [-0.2, 0) is 7.05 Å². The number of anilines is 1. The van der Waals surface area contributed by atoms with Crippen molar-refractivity contribution in [1.29, 1.82) is 0 Å². The van der Waals surface area contributed by atoms with E-state index in [-0.39, 0.29) is 0 Å². The smallest absolute Gasteiger partial charge is 0.225 e. The van der Waals surface area contributed by atoms with Crippen LogP contribution in [0.1, 0.15) is 25.7 Å². The first-order valence-electron chi connectivity index (χ1n) is 10.1. The molecule has 146 valence electrons. The Labute approximate surface area is 168 Å². The molecule has 0 aromatic carbocycles. The van der Waals surface area contributed by atoms with E-state index in [4.69, 9.17) is 4.98 Å². The Hall–Kier alpha value is -3.29. The van der Waals surface area contributed by atoms with Gasteiger partial charge in [0, 0.05) is 43.5 Å². The molecule has 2 fully saturated rings. The summed E-state index contributed by atoms with van der Waals surface area (Å²) in [6.07, 6.45) is 12.7. The van der Waals surface area contributed by atoms with E-state index < -0.39 is 0 Å². The molecule has 1 saturated heterocycles. The first-order valence-corrected chi connectivity index (χ1v) is 10.1. The number of nitrogens with zero attached hydrogens (tertiary/aromatic N) is 7. The van der Waals surface area contributed by atoms with Crippen molar-refractivity contribution in [3.05, 3.63) is 36.9 Å². The Morgan fingerprint density at radius 3 is 2.86 bits per heavy atom. The number of hydrogen-bond acceptors (Lipinski definition) is 6. The molecular weight excluding hydrogens is 364 g/mol. The number of H-pyrrole nitrogens is 1. The van der Waals surface area contributed by atoms with Crippen LogP contribution in [0.2, 0.25) is 0 Å². The standard InChI is InChI=1S/C21H22N8/c1-28-12-14(10-24-28)17-9-15-18(11-23-17)26-27-19(15)16-3-7-22-20(25-16)29-8-2-4-21(13-29)5-6-21/h3,7,9-12H,2,4-6,8,13H2,1H3,(H,26,27). The molecule has 6 rings (SSSR count). The molecule has 1 spiro atoms. The summed E-state index contributed by atoms with van der Waals surface area (Å²) >= 11 is 0. The summed E-state index contributed by atoms with van der Waals surface area (Å²) in [7, 11) is 1.90. The summed E-state index contributed by atoms with van der Waals surface area (Å²) in [5.74, 6) is 0.811. The molecule has 1 aliphatic heterocycles. The molecule has 8 nitrogen and oxygen atoms in total. The van der Waals surface area contributed by atoms with Crippen molar-refractivity contribution in [2.24, 2.45) is 12.5 Å². The Balaban J connectivity index is 1.39. The average molecular weight is 386 g/mol. The molecule has 8 heteroatoms. The molecule has 5 heterocycles. The molecule has 1 N–H and O–H groups in total. The molecular formula is C21H22N8. The summed E-state index contributed by atoms with van der Waals surface area (Å²) < 4.78 is 1.78. The monoisotopic (exact) mass is 386 g/mol. The quantitative estimate of drug-likeness (QED) is 0.582. The Bertz CT molecular complexity index is 1200. The van der Waals surface area contributed by atoms with Gasteiger partial charge in [0.1, 0.15) is 5.69 Å². The third-order valence-electron chi connectivity index (χ3n) is 6.23. The van der Waals surface area contributed by atoms with Gasteiger partial charge in [-0.25, -0.2) is 9.97 Å². The highest BCUT2D eigenvalue weighted by Crippen LogP contribution is 2.52. The predicted molar refractivity (Wildman–Crippen MR) is 110 cm³/mol. The van der Waals surface area contributed by atoms with Crippen LogP contribution in [0.5, 0.6) is 0 Å². The van der Waals surface area contributed by atoms with Crippen molar-refractivity contribution in [1.82, 2.24) is 34.9 Å². The fourth-order valence-electron chi connectivity index (χ4n) is 4.42. The second-order valence-electron chi connectivity index (χ2n) is 8.36. The minimum Gasteiger partial charge on any atom is -0.340 e. The summed E-state index contributed by atoms with van der Waals surface area (Å²) in [5.41, 5.74) is 4.93. The van der Waals surface area contributed by atoms with E-state index in [0.29, 0.717) is 5.41 Å². The van der Waals surface area contributed by atoms with Crippen LogP contribution in [0.15, 0.2) is 36.9 Å². The fraction of sp³-hybridized carbons (Fsp3) is 0.381. The Morgan fingerprint density at radius 2 is 2.03 bits per heavy atom. The molecule has 1 saturated carbocycles. The molecule has 0 amide bonds. The van der Waals surface area contributed by atoms with Gasteiger partial charge in [-0.2, -0.15) is 10.2 Å². The number of nitrogens with one attached hydrogen (secondary N) is 1. The normalized spacial score (nSPS) is 17.9. The third kappa shape index (κ3) is 2.86. The number of aryl methyl sites for hydroxylation is 1. The minimum absolute atomic E-state index is 0.529. The zero-order valence-corrected chi connectivity index (χ0v) is 16.3. The lowest BCUT2D eigenvalue weighted by Gasteiger charge is -2.33. The van der Waals surface area contributed by atoms with Gasteiger partial charge in [0.15, 0.2) is 0 Å². The van der Waals surface area contributed by atoms with Crippen molar-refractivity contribution in [2.45, 2.75) is 25.7 Å². The number of piperidine rings is 1. The first kappa shape index (κ1) is 16.6. The average Bonchev–Trinajstić information content (AvgIpc) is 3.15. The Morgan fingerprint density at radius 1 is 1.10 bits per heavy atom. The topological polar surface area (TPSA) is 88.4 Å². The van der Waals surface area contributed by atoms with Gasteiger partial charge in [-0.05, 0) is 43.2 Å². The zero-order valence-electron chi connectivity index (χ0n) is 16.3. The van der Waals surface area contributed by atoms with Gasteiger partial charge < -0.3 is 4.90 Å². The highest BCUT2D eigenvalue weighted by molar-refractivity contribution is 5.93. The first-order chi connectivity index (χ1) is 14.2. The van der Waals surface area contributed by atoms with Crippen LogP contribution in [0.3, 0.4) is 0 Å². The van der Waals surface area contributed by atoms with Gasteiger partial charge in [0.25, 0.3) is 0 Å². The van der Waals surface area contributed by atoms with Crippen LogP contribution in [0, 0.1) is 5.41 Å². The van der Waals surface area contributed by atoms with E-state index in [1.165, 1.54) is 25.7 Å². The summed E-state index contributed by atoms with van der Waals surface area (Å²) in [4.78, 5) is 16.3. The second kappa shape index (κ2) is 6.10. The molecule has 0 radical (unpaired) electrons. The van der Waals surface area contributed by atoms with E-state index in [2.05, 4.69) is 30.2 Å². The van der Waals surface area contributed by atoms with E-state index in [9.17, 15) is 0 Å². The summed E-state index contributed by atoms with van der Waals surface area (Å²) in [6, 6.07) is 3.98. The maximum absolute atomic E-state index is 4.88. The van der Waals surface area contributed by atoms with Crippen molar-refractivity contribution in [3.8, 4) is 22.6 Å². The van der Waals surface area contributed by atoms with E-state index in [1.54, 1.807) is 4.68 Å². The molecule has 0 atom stereocenters. The highest BCUT2D eigenvalue weighted by atomic mass is 15.3. The lowest BCUT2D eigenvalue weighted by atomic mass is 9.95. The van der Waals surface area contributed by atoms with E-state index in [0.717, 1.165) is 52.6 Å². The van der Waals surface area contributed by atoms with E-state index >= 15 is 0 Å². The van der Waals surface area contributed by atoms with Gasteiger partial charge in [-0.3, -0.25) is 14.8 Å². The van der Waals surface area contributed by atoms with Crippen LogP contribution in [0.4, 0.5) is 5.95 Å². The van der Waals surface area contributed by atoms with Crippen molar-refractivity contribution in [2.75, 3.05) is 18.0 Å². The summed E-state index contributed by atoms with van der Waals surface area (Å²) in [5, 5.41) is 12.9. The lowest BCUT2D eigenvalue weighted by Crippen LogP contribution is -2.37. The number of hydrogen-bond donors (Lipinski definition) is 1. The minimum atomic E-state index is 0.529. The third-order valence-corrected chi connectivity index (χ3v) is 6.23. The highest BCUT2D eigenvalue weighted by Gasteiger charge is 2.45. The second-order valence-corrected chi connectivity index (χ2v) is 8.36. The van der Waals surface area contributed by atoms with Gasteiger partial charge in [0.2, 0.25) is 5.95 Å². The van der Waals surface area contributed by atoms with Gasteiger partial charge in [-0.1, -0.05) is 0 Å². The van der Waals surface area contributed by atoms with Gasteiger partial charge in [-0.15, -0.1) is 0 Å². The van der Waals surface area contributed by atoms with Crippen molar-refractivity contribution < 1.29 is 0 Å². The molecule has 29 heavy (non-hydrogen) atoms. The largest absolute Gasteiger partial charge is 0.340 e. The fourth-order valence-corrected chi connectivity index (χ4v) is 4.42. The molecule has 4 aromatic rings. The number of fused-ring (bicyclic) bond motifs is 1. The van der Waals surface area contributed by atoms with Gasteiger partial charge in [0.05, 0.1) is 29.3 Å². The predicted octanol–water partition coefficient (Wildman–Crippen LogP) is 3.20. The van der Waals surface area contributed by atoms with Crippen LogP contribution >= 0.6 is 0 Å². The Kier molecular flexibility index (Phi) is 3.50. The zero-order chi connectivity index (χ0) is 19.4. The van der Waals surface area contributed by atoms with Gasteiger partial charge >= 0.3 is 0 Å². The maximum atomic E-state index is 4.88. The molecule has 0 bridgehead atoms. The number of rotatable bonds is 3. The SMILES string of the molecule is Cn1cc(-c2cc3c(-c4ccnc(N5CCCC6(CC6)C5)n4)n[nH]c3cn2)cn1. The molecule has 2 aliphatic rings. The van der Waals surface area contributed by atoms with Crippen LogP contribution in [-0.4, -0.2) is 48.0 Å². The molecule has 4 aromatic heterocycles. The van der Waals surface area contributed by atoms with Crippen LogP contribution in [0.25, 0.3) is 33.5 Å². The number of aromatic nitrogens is 7. The summed E-state index contributed by atoms with van der Waals surface area (Å²) in [6.45, 7) is 2.11. The van der Waals surface area contributed by atoms with E-state index in [1.807, 2.05) is 44.0 Å². The molecule has 0 unspecified atom stereocenters.